The third-order valence-electron chi connectivity index (χ3n) is 2.85. The average Bonchev–Trinajstić information content (AvgIpc) is 2.36. The minimum Gasteiger partial charge on any atom is -0.316 e. The van der Waals surface area contributed by atoms with E-state index in [0.29, 0.717) is 24.5 Å². The quantitative estimate of drug-likeness (QED) is 0.796. The van der Waals surface area contributed by atoms with Crippen LogP contribution in [0.4, 0.5) is 0 Å². The van der Waals surface area contributed by atoms with Crippen molar-refractivity contribution in [1.82, 2.24) is 14.5 Å². The maximum Gasteiger partial charge on any atom is 0.242 e. The molecule has 0 unspecified atom stereocenters. The molecular formula is C13H23N3O2S. The molecule has 1 rings (SSSR count). The Balaban J connectivity index is 2.89. The fraction of sp³-hybridized carbons (Fsp3) is 0.538. The number of sulfonamides is 1. The van der Waals surface area contributed by atoms with E-state index in [-0.39, 0.29) is 0 Å². The monoisotopic (exact) mass is 285 g/mol. The Morgan fingerprint density at radius 2 is 1.84 bits per heavy atom. The molecule has 0 aliphatic heterocycles. The summed E-state index contributed by atoms with van der Waals surface area (Å²) in [5.74, 6) is 0. The fourth-order valence-corrected chi connectivity index (χ4v) is 2.89. The second kappa shape index (κ2) is 7.00. The van der Waals surface area contributed by atoms with Crippen LogP contribution in [-0.2, 0) is 16.6 Å². The Bertz CT molecular complexity index is 500. The molecule has 1 aromatic carbocycles. The first-order valence-electron chi connectivity index (χ1n) is 6.22. The third kappa shape index (κ3) is 4.58. The molecule has 6 heteroatoms. The normalized spacial score (nSPS) is 12.3. The Hall–Kier alpha value is -0.950. The molecule has 0 radical (unpaired) electrons. The Morgan fingerprint density at radius 1 is 1.16 bits per heavy atom. The van der Waals surface area contributed by atoms with Crippen LogP contribution in [0.5, 0.6) is 0 Å². The van der Waals surface area contributed by atoms with Gasteiger partial charge in [-0.3, -0.25) is 0 Å². The van der Waals surface area contributed by atoms with Crippen LogP contribution >= 0.6 is 0 Å². The molecule has 0 heterocycles. The van der Waals surface area contributed by atoms with E-state index < -0.39 is 10.0 Å². The van der Waals surface area contributed by atoms with Crippen LogP contribution in [0.3, 0.4) is 0 Å². The predicted octanol–water partition coefficient (Wildman–Crippen LogP) is 0.588. The molecule has 0 spiro atoms. The molecule has 0 amide bonds. The minimum atomic E-state index is -3.40. The fourth-order valence-electron chi connectivity index (χ4n) is 1.66. The van der Waals surface area contributed by atoms with Gasteiger partial charge in [0.2, 0.25) is 10.0 Å². The number of nitrogens with one attached hydrogen (secondary N) is 1. The van der Waals surface area contributed by atoms with Gasteiger partial charge in [-0.15, -0.1) is 0 Å². The smallest absolute Gasteiger partial charge is 0.242 e. The van der Waals surface area contributed by atoms with Crippen molar-refractivity contribution in [3.63, 3.8) is 0 Å². The first-order chi connectivity index (χ1) is 8.87. The first kappa shape index (κ1) is 16.1. The zero-order chi connectivity index (χ0) is 14.5. The first-order valence-corrected chi connectivity index (χ1v) is 7.66. The highest BCUT2D eigenvalue weighted by Crippen LogP contribution is 2.15. The van der Waals surface area contributed by atoms with Crippen LogP contribution in [-0.4, -0.2) is 58.9 Å². The number of likely N-dealkylation sites (N-methyl/N-ethyl adjacent to an activating group) is 2. The second-order valence-electron chi connectivity index (χ2n) is 4.81. The van der Waals surface area contributed by atoms with Crippen molar-refractivity contribution in [3.05, 3.63) is 29.8 Å². The van der Waals surface area contributed by atoms with Crippen molar-refractivity contribution in [1.29, 1.82) is 0 Å². The van der Waals surface area contributed by atoms with Crippen LogP contribution in [0, 0.1) is 0 Å². The summed E-state index contributed by atoms with van der Waals surface area (Å²) in [6.07, 6.45) is 0. The molecule has 0 fully saturated rings. The van der Waals surface area contributed by atoms with E-state index in [1.807, 2.05) is 32.1 Å². The van der Waals surface area contributed by atoms with Gasteiger partial charge in [0.1, 0.15) is 0 Å². The molecule has 1 N–H and O–H groups in total. The van der Waals surface area contributed by atoms with Gasteiger partial charge in [0.05, 0.1) is 4.90 Å². The van der Waals surface area contributed by atoms with Crippen molar-refractivity contribution >= 4 is 10.0 Å². The van der Waals surface area contributed by atoms with Gasteiger partial charge in [-0.1, -0.05) is 12.1 Å². The summed E-state index contributed by atoms with van der Waals surface area (Å²) in [4.78, 5) is 2.31. The van der Waals surface area contributed by atoms with E-state index in [4.69, 9.17) is 0 Å². The van der Waals surface area contributed by atoms with Crippen LogP contribution in [0.2, 0.25) is 0 Å². The van der Waals surface area contributed by atoms with Crippen LogP contribution in [0.15, 0.2) is 29.2 Å². The molecule has 0 atom stereocenters. The summed E-state index contributed by atoms with van der Waals surface area (Å²) in [6.45, 7) is 1.84. The lowest BCUT2D eigenvalue weighted by Gasteiger charge is -2.19. The highest BCUT2D eigenvalue weighted by molar-refractivity contribution is 7.89. The lowest BCUT2D eigenvalue weighted by atomic mass is 10.2. The van der Waals surface area contributed by atoms with Gasteiger partial charge < -0.3 is 10.2 Å². The van der Waals surface area contributed by atoms with E-state index in [2.05, 4.69) is 5.32 Å². The molecule has 0 saturated carbocycles. The average molecular weight is 285 g/mol. The Morgan fingerprint density at radius 3 is 2.42 bits per heavy atom. The largest absolute Gasteiger partial charge is 0.316 e. The number of hydrogen-bond donors (Lipinski definition) is 1. The molecule has 0 aromatic heterocycles. The maximum atomic E-state index is 12.4. The standard InChI is InChI=1S/C13H23N3O2S/c1-14-11-12-6-5-7-13(10-12)19(17,18)16(4)9-8-15(2)3/h5-7,10,14H,8-9,11H2,1-4H3. The van der Waals surface area contributed by atoms with Gasteiger partial charge in [0.15, 0.2) is 0 Å². The summed E-state index contributed by atoms with van der Waals surface area (Å²) >= 11 is 0. The van der Waals surface area contributed by atoms with E-state index >= 15 is 0 Å². The number of nitrogens with zero attached hydrogens (tertiary/aromatic N) is 2. The van der Waals surface area contributed by atoms with Crippen molar-refractivity contribution in [2.24, 2.45) is 0 Å². The van der Waals surface area contributed by atoms with E-state index in [0.717, 1.165) is 5.56 Å². The predicted molar refractivity (Wildman–Crippen MR) is 77.6 cm³/mol. The highest BCUT2D eigenvalue weighted by Gasteiger charge is 2.20. The molecular weight excluding hydrogens is 262 g/mol. The third-order valence-corrected chi connectivity index (χ3v) is 4.70. The minimum absolute atomic E-state index is 0.349. The molecule has 0 aliphatic carbocycles. The lowest BCUT2D eigenvalue weighted by molar-refractivity contribution is 0.358. The molecule has 0 saturated heterocycles. The lowest BCUT2D eigenvalue weighted by Crippen LogP contribution is -2.33. The Labute approximate surface area is 116 Å². The van der Waals surface area contributed by atoms with Gasteiger partial charge in [-0.25, -0.2) is 8.42 Å². The second-order valence-corrected chi connectivity index (χ2v) is 6.85. The maximum absolute atomic E-state index is 12.4. The zero-order valence-electron chi connectivity index (χ0n) is 12.0. The summed E-state index contributed by atoms with van der Waals surface area (Å²) in [7, 11) is 3.90. The number of hydrogen-bond acceptors (Lipinski definition) is 4. The van der Waals surface area contributed by atoms with E-state index in [1.54, 1.807) is 25.2 Å². The van der Waals surface area contributed by atoms with E-state index in [1.165, 1.54) is 4.31 Å². The molecule has 1 aromatic rings. The summed E-state index contributed by atoms with van der Waals surface area (Å²) in [5, 5.41) is 3.02. The topological polar surface area (TPSA) is 52.7 Å². The van der Waals surface area contributed by atoms with Crippen LogP contribution in [0.1, 0.15) is 5.56 Å². The summed E-state index contributed by atoms with van der Waals surface area (Å²) < 4.78 is 26.2. The van der Waals surface area contributed by atoms with Crippen LogP contribution < -0.4 is 5.32 Å². The van der Waals surface area contributed by atoms with E-state index in [9.17, 15) is 8.42 Å². The van der Waals surface area contributed by atoms with Gasteiger partial charge >= 0.3 is 0 Å². The van der Waals surface area contributed by atoms with Gasteiger partial charge in [-0.05, 0) is 38.8 Å². The zero-order valence-corrected chi connectivity index (χ0v) is 12.9. The summed E-state index contributed by atoms with van der Waals surface area (Å²) in [6, 6.07) is 7.05. The molecule has 0 bridgehead atoms. The summed E-state index contributed by atoms with van der Waals surface area (Å²) in [5.41, 5.74) is 0.963. The molecule has 19 heavy (non-hydrogen) atoms. The molecule has 0 aliphatic rings. The van der Waals surface area contributed by atoms with Crippen molar-refractivity contribution in [3.8, 4) is 0 Å². The van der Waals surface area contributed by atoms with Gasteiger partial charge in [0.25, 0.3) is 0 Å². The van der Waals surface area contributed by atoms with Crippen molar-refractivity contribution in [2.75, 3.05) is 41.3 Å². The van der Waals surface area contributed by atoms with Gasteiger partial charge in [-0.2, -0.15) is 4.31 Å². The highest BCUT2D eigenvalue weighted by atomic mass is 32.2. The SMILES string of the molecule is CNCc1cccc(S(=O)(=O)N(C)CCN(C)C)c1. The van der Waals surface area contributed by atoms with Gasteiger partial charge in [0, 0.05) is 26.7 Å². The number of benzene rings is 1. The molecule has 108 valence electrons. The van der Waals surface area contributed by atoms with Crippen molar-refractivity contribution in [2.45, 2.75) is 11.4 Å². The number of rotatable bonds is 7. The molecule has 5 nitrogen and oxygen atoms in total. The van der Waals surface area contributed by atoms with Crippen molar-refractivity contribution < 1.29 is 8.42 Å². The Kier molecular flexibility index (Phi) is 5.93. The van der Waals surface area contributed by atoms with Crippen LogP contribution in [0.25, 0.3) is 0 Å².